The number of aliphatic hydroxyl groups excluding tert-OH is 3. The molecule has 0 bridgehead atoms. The fourth-order valence-corrected chi connectivity index (χ4v) is 9.60. The van der Waals surface area contributed by atoms with Crippen molar-refractivity contribution in [2.24, 2.45) is 0 Å². The maximum Gasteiger partial charge on any atom is 0.407 e. The summed E-state index contributed by atoms with van der Waals surface area (Å²) >= 11 is 0. The van der Waals surface area contributed by atoms with Crippen LogP contribution in [-0.2, 0) is 87.7 Å². The van der Waals surface area contributed by atoms with E-state index < -0.39 is 96.0 Å². The first-order valence-corrected chi connectivity index (χ1v) is 22.9. The maximum absolute atomic E-state index is 15.6. The fraction of sp³-hybridized carbons (Fsp3) is 0.396. The minimum Gasteiger partial charge on any atom is -0.479 e. The number of alkyl carbamates (subject to hydrolysis) is 1. The Morgan fingerprint density at radius 3 is 2.40 bits per heavy atom. The van der Waals surface area contributed by atoms with Gasteiger partial charge in [-0.05, 0) is 66.1 Å². The number of benzene rings is 2. The van der Waals surface area contributed by atoms with Gasteiger partial charge < -0.3 is 65.0 Å². The quantitative estimate of drug-likeness (QED) is 0.0512. The normalized spacial score (nSPS) is 22.7. The predicted octanol–water partition coefficient (Wildman–Crippen LogP) is 0.165. The number of cyclic esters (lactones) is 1. The van der Waals surface area contributed by atoms with E-state index in [9.17, 15) is 63.9 Å². The molecule has 23 nitrogen and oxygen atoms in total. The predicted molar refractivity (Wildman–Crippen MR) is 242 cm³/mol. The molecule has 9 rings (SSSR count). The first-order chi connectivity index (χ1) is 34.4. The Balaban J connectivity index is 0.932. The van der Waals surface area contributed by atoms with Crippen LogP contribution in [0.4, 0.5) is 14.9 Å². The van der Waals surface area contributed by atoms with Gasteiger partial charge in [-0.3, -0.25) is 28.9 Å². The average Bonchev–Trinajstić information content (AvgIpc) is 4.08. The molecule has 1 fully saturated rings. The largest absolute Gasteiger partial charge is 0.479 e. The van der Waals surface area contributed by atoms with Crippen molar-refractivity contribution in [3.63, 3.8) is 0 Å². The van der Waals surface area contributed by atoms with Gasteiger partial charge in [-0.1, -0.05) is 13.0 Å². The summed E-state index contributed by atoms with van der Waals surface area (Å²) < 4.78 is 38.8. The summed E-state index contributed by atoms with van der Waals surface area (Å²) in [6, 6.07) is 6.81. The molecule has 2 aromatic carbocycles. The van der Waals surface area contributed by atoms with Crippen LogP contribution in [0.15, 0.2) is 47.3 Å². The number of aryl methyl sites for hydroxylation is 1. The average molecular weight is 999 g/mol. The SMILES string of the molecule is CC[C@@]1(O)C(=O)OCc2c1cc1n(c2=O)Cc2c-1nc1cc(F)c3c(c1c2CNC(=O)OCc1ccc(O[C@@H]2O[C@H](C(=O)O)[C@@H](O)[C@H](O)[C@H]2O)c(NC(=O)CCNC(=O)CCN2C(=O)C=CC2=O)c1)CCC3. The highest BCUT2D eigenvalue weighted by molar-refractivity contribution is 6.13. The molecule has 1 saturated heterocycles. The first kappa shape index (κ1) is 49.3. The number of amides is 5. The highest BCUT2D eigenvalue weighted by atomic mass is 19.1. The Bertz CT molecular complexity index is 3070. The number of imide groups is 1. The van der Waals surface area contributed by atoms with E-state index in [1.807, 2.05) is 0 Å². The van der Waals surface area contributed by atoms with Crippen molar-refractivity contribution in [1.29, 1.82) is 0 Å². The number of hydrogen-bond acceptors (Lipinski definition) is 17. The summed E-state index contributed by atoms with van der Waals surface area (Å²) in [6.07, 6.45) is -7.64. The summed E-state index contributed by atoms with van der Waals surface area (Å²) in [6.45, 7) is 0.228. The van der Waals surface area contributed by atoms with Crippen molar-refractivity contribution in [2.45, 2.75) is 108 Å². The molecule has 4 aliphatic heterocycles. The van der Waals surface area contributed by atoms with Crippen molar-refractivity contribution < 1.29 is 82.4 Å². The number of aromatic nitrogens is 2. The lowest BCUT2D eigenvalue weighted by Crippen LogP contribution is -2.61. The zero-order valence-electron chi connectivity index (χ0n) is 38.3. The Morgan fingerprint density at radius 2 is 1.67 bits per heavy atom. The van der Waals surface area contributed by atoms with Crippen LogP contribution in [-0.4, -0.2) is 125 Å². The second kappa shape index (κ2) is 19.5. The number of esters is 1. The van der Waals surface area contributed by atoms with Crippen molar-refractivity contribution in [2.75, 3.05) is 18.4 Å². The van der Waals surface area contributed by atoms with Gasteiger partial charge in [-0.2, -0.15) is 0 Å². The highest BCUT2D eigenvalue weighted by Crippen LogP contribution is 2.43. The number of rotatable bonds is 15. The van der Waals surface area contributed by atoms with Gasteiger partial charge in [-0.15, -0.1) is 0 Å². The Morgan fingerprint density at radius 1 is 0.917 bits per heavy atom. The molecule has 2 aromatic heterocycles. The Hall–Kier alpha value is -7.64. The number of hydrogen-bond donors (Lipinski definition) is 8. The smallest absolute Gasteiger partial charge is 0.407 e. The van der Waals surface area contributed by atoms with Gasteiger partial charge in [0.25, 0.3) is 17.4 Å². The van der Waals surface area contributed by atoms with E-state index in [0.717, 1.165) is 17.1 Å². The third-order valence-corrected chi connectivity index (χ3v) is 13.4. The standard InChI is InChI=1S/C48H47FN6O17/c1-2-48(68)27-15-31-38-25(18-55(31)43(63)26(27)20-69-46(48)66)24(37-23-5-3-4-22(23)28(49)16-30(37)53-38)17-51-47(67)70-19-21-6-7-32(71-45-41(62)39(60)40(61)42(72-45)44(64)65)29(14-21)52-34(57)10-12-50-33(56)11-13-54-35(58)8-9-36(54)59/h6-9,14-16,39-42,45,60-62,68H,2-5,10-13,17-20H2,1H3,(H,50,56)(H,51,67)(H,52,57)(H,64,65)/t39-,40-,41+,42-,45+,48-/m0/s1. The van der Waals surface area contributed by atoms with Gasteiger partial charge in [-0.25, -0.2) is 23.8 Å². The molecule has 0 radical (unpaired) electrons. The summed E-state index contributed by atoms with van der Waals surface area (Å²) in [5.74, 6) is -5.64. The molecule has 4 aromatic rings. The minimum absolute atomic E-state index is 0.00780. The number of carboxylic acid groups (broad SMARTS) is 1. The molecule has 0 unspecified atom stereocenters. The van der Waals surface area contributed by atoms with Gasteiger partial charge in [0, 0.05) is 67.2 Å². The molecule has 72 heavy (non-hydrogen) atoms. The van der Waals surface area contributed by atoms with E-state index in [2.05, 4.69) is 16.0 Å². The van der Waals surface area contributed by atoms with Crippen LogP contribution < -0.4 is 26.2 Å². The molecule has 0 spiro atoms. The monoisotopic (exact) mass is 998 g/mol. The number of aliphatic hydroxyl groups is 4. The molecule has 6 atom stereocenters. The number of pyridine rings is 2. The van der Waals surface area contributed by atoms with E-state index in [1.165, 1.54) is 34.9 Å². The number of aliphatic carboxylic acids is 1. The minimum atomic E-state index is -2.09. The van der Waals surface area contributed by atoms with Gasteiger partial charge in [0.05, 0.1) is 34.7 Å². The van der Waals surface area contributed by atoms with Crippen molar-refractivity contribution in [3.8, 4) is 17.1 Å². The van der Waals surface area contributed by atoms with Crippen molar-refractivity contribution in [3.05, 3.63) is 97.6 Å². The molecule has 6 heterocycles. The number of carbonyl (C=O) groups excluding carboxylic acids is 6. The molecule has 24 heteroatoms. The van der Waals surface area contributed by atoms with Crippen LogP contribution in [0.25, 0.3) is 22.3 Å². The number of fused-ring (bicyclic) bond motifs is 7. The second-order valence-corrected chi connectivity index (χ2v) is 17.8. The lowest BCUT2D eigenvalue weighted by molar-refractivity contribution is -0.271. The van der Waals surface area contributed by atoms with E-state index in [1.54, 1.807) is 6.92 Å². The highest BCUT2D eigenvalue weighted by Gasteiger charge is 2.49. The zero-order chi connectivity index (χ0) is 51.3. The molecule has 8 N–H and O–H groups in total. The Kier molecular flexibility index (Phi) is 13.4. The number of anilines is 1. The number of nitrogens with zero attached hydrogens (tertiary/aromatic N) is 3. The van der Waals surface area contributed by atoms with E-state index in [-0.39, 0.29) is 91.4 Å². The number of halogens is 1. The molecule has 5 aliphatic rings. The van der Waals surface area contributed by atoms with Gasteiger partial charge in [0.2, 0.25) is 18.1 Å². The molecule has 0 saturated carbocycles. The van der Waals surface area contributed by atoms with E-state index in [0.29, 0.717) is 52.6 Å². The van der Waals surface area contributed by atoms with Crippen LogP contribution in [0.2, 0.25) is 0 Å². The summed E-state index contributed by atoms with van der Waals surface area (Å²) in [4.78, 5) is 107. The summed E-state index contributed by atoms with van der Waals surface area (Å²) in [7, 11) is 0. The fourth-order valence-electron chi connectivity index (χ4n) is 9.60. The molecular formula is C48H47FN6O17. The number of carbonyl (C=O) groups is 7. The number of nitrogens with one attached hydrogen (secondary N) is 3. The third-order valence-electron chi connectivity index (χ3n) is 13.4. The van der Waals surface area contributed by atoms with E-state index in [4.69, 9.17) is 23.9 Å². The first-order valence-electron chi connectivity index (χ1n) is 22.9. The van der Waals surface area contributed by atoms with Crippen molar-refractivity contribution in [1.82, 2.24) is 25.1 Å². The van der Waals surface area contributed by atoms with Crippen LogP contribution in [0.3, 0.4) is 0 Å². The molecule has 5 amide bonds. The lowest BCUT2D eigenvalue weighted by atomic mass is 9.86. The van der Waals surface area contributed by atoms with Crippen LogP contribution in [0.5, 0.6) is 5.75 Å². The zero-order valence-corrected chi connectivity index (χ0v) is 38.3. The summed E-state index contributed by atoms with van der Waals surface area (Å²) in [5, 5.41) is 60.5. The number of carboxylic acids is 1. The third kappa shape index (κ3) is 9.02. The van der Waals surface area contributed by atoms with Crippen LogP contribution in [0, 0.1) is 5.82 Å². The van der Waals surface area contributed by atoms with Crippen molar-refractivity contribution >= 4 is 58.3 Å². The molecule has 378 valence electrons. The van der Waals surface area contributed by atoms with Crippen LogP contribution >= 0.6 is 0 Å². The maximum atomic E-state index is 15.6. The van der Waals surface area contributed by atoms with Gasteiger partial charge >= 0.3 is 18.0 Å². The van der Waals surface area contributed by atoms with Gasteiger partial charge in [0.1, 0.15) is 43.1 Å². The lowest BCUT2D eigenvalue weighted by Gasteiger charge is -2.38. The summed E-state index contributed by atoms with van der Waals surface area (Å²) in [5.41, 5.74) is 0.880. The molecule has 1 aliphatic carbocycles. The topological polar surface area (TPSA) is 332 Å². The van der Waals surface area contributed by atoms with E-state index >= 15 is 4.39 Å². The Labute approximate surface area is 406 Å². The van der Waals surface area contributed by atoms with Gasteiger partial charge in [0.15, 0.2) is 11.7 Å². The van der Waals surface area contributed by atoms with Crippen LogP contribution in [0.1, 0.15) is 71.6 Å². The second-order valence-electron chi connectivity index (χ2n) is 17.8. The molecular weight excluding hydrogens is 952 g/mol. The number of ether oxygens (including phenoxy) is 4.